The van der Waals surface area contributed by atoms with Gasteiger partial charge in [0.15, 0.2) is 0 Å². The molecule has 40 heavy (non-hydrogen) atoms. The minimum atomic E-state index is -5.08. The van der Waals surface area contributed by atoms with Crippen molar-refractivity contribution >= 4 is 29.5 Å². The molecule has 3 heterocycles. The van der Waals surface area contributed by atoms with Crippen LogP contribution in [0, 0.1) is 0 Å². The molecule has 1 aliphatic carbocycles. The lowest BCUT2D eigenvalue weighted by Gasteiger charge is -2.27. The third kappa shape index (κ3) is 8.37. The van der Waals surface area contributed by atoms with Gasteiger partial charge < -0.3 is 25.7 Å². The van der Waals surface area contributed by atoms with Gasteiger partial charge in [0.1, 0.15) is 12.0 Å². The van der Waals surface area contributed by atoms with Gasteiger partial charge in [-0.3, -0.25) is 9.88 Å². The van der Waals surface area contributed by atoms with E-state index >= 15 is 0 Å². The summed E-state index contributed by atoms with van der Waals surface area (Å²) in [5.74, 6) is -1.78. The van der Waals surface area contributed by atoms with Crippen LogP contribution in [0.5, 0.6) is 0 Å². The number of pyridine rings is 1. The maximum absolute atomic E-state index is 13.7. The maximum Gasteiger partial charge on any atom is 0.490 e. The second kappa shape index (κ2) is 13.5. The van der Waals surface area contributed by atoms with Gasteiger partial charge in [-0.05, 0) is 44.2 Å². The molecule has 15 heteroatoms. The third-order valence-electron chi connectivity index (χ3n) is 6.55. The van der Waals surface area contributed by atoms with Gasteiger partial charge in [0, 0.05) is 38.9 Å². The number of carbonyl (C=O) groups is 2. The Balaban J connectivity index is 0.000000559. The minimum absolute atomic E-state index is 0.0385. The molecule has 0 bridgehead atoms. The first kappa shape index (κ1) is 30.8. The first-order valence-corrected chi connectivity index (χ1v) is 12.9. The smallest absolute Gasteiger partial charge is 0.475 e. The van der Waals surface area contributed by atoms with E-state index in [9.17, 15) is 27.5 Å². The number of aliphatic hydroxyl groups is 1. The van der Waals surface area contributed by atoms with Gasteiger partial charge in [0.2, 0.25) is 5.95 Å². The Morgan fingerprint density at radius 1 is 1.15 bits per heavy atom. The molecule has 2 aliphatic rings. The molecule has 2 amide bonds. The summed E-state index contributed by atoms with van der Waals surface area (Å²) in [5.41, 5.74) is 2.16. The minimum Gasteiger partial charge on any atom is -0.475 e. The topological polar surface area (TPSA) is 144 Å². The summed E-state index contributed by atoms with van der Waals surface area (Å²) in [5, 5.41) is 23.4. The van der Waals surface area contributed by atoms with E-state index in [-0.39, 0.29) is 24.7 Å². The number of anilines is 3. The second-order valence-corrected chi connectivity index (χ2v) is 9.55. The highest BCUT2D eigenvalue weighted by molar-refractivity contribution is 5.94. The number of rotatable bonds is 8. The molecule has 2 fully saturated rings. The number of nitrogens with one attached hydrogen (secondary N) is 2. The monoisotopic (exact) mass is 571 g/mol. The van der Waals surface area contributed by atoms with Crippen LogP contribution in [0.15, 0.2) is 24.5 Å². The lowest BCUT2D eigenvalue weighted by Crippen LogP contribution is -2.29. The predicted molar refractivity (Wildman–Crippen MR) is 140 cm³/mol. The summed E-state index contributed by atoms with van der Waals surface area (Å²) in [6, 6.07) is 3.87. The molecule has 2 aromatic rings. The molecule has 0 unspecified atom stereocenters. The van der Waals surface area contributed by atoms with Crippen LogP contribution in [0.1, 0.15) is 39.0 Å². The van der Waals surface area contributed by atoms with E-state index in [2.05, 4.69) is 25.6 Å². The molecule has 1 atom stereocenters. The van der Waals surface area contributed by atoms with Crippen molar-refractivity contribution in [3.8, 4) is 11.3 Å². The van der Waals surface area contributed by atoms with E-state index in [0.29, 0.717) is 37.0 Å². The lowest BCUT2D eigenvalue weighted by atomic mass is 9.93. The number of hydrogen-bond acceptors (Lipinski definition) is 8. The molecule has 4 N–H and O–H groups in total. The molecular formula is C25H33F4N7O4. The number of likely N-dealkylation sites (N-methyl/N-ethyl adjacent to an activating group) is 1. The fourth-order valence-electron chi connectivity index (χ4n) is 4.12. The Hall–Kier alpha value is -3.75. The highest BCUT2D eigenvalue weighted by Crippen LogP contribution is 2.30. The number of aliphatic hydroxyl groups excluding tert-OH is 1. The largest absolute Gasteiger partial charge is 0.490 e. The van der Waals surface area contributed by atoms with Crippen molar-refractivity contribution in [2.24, 2.45) is 0 Å². The van der Waals surface area contributed by atoms with Crippen LogP contribution in [0.4, 0.5) is 39.8 Å². The fourth-order valence-corrected chi connectivity index (χ4v) is 4.12. The summed E-state index contributed by atoms with van der Waals surface area (Å²) < 4.78 is 45.4. The second-order valence-electron chi connectivity index (χ2n) is 9.55. The molecular weight excluding hydrogens is 538 g/mol. The van der Waals surface area contributed by atoms with Crippen LogP contribution in [0.25, 0.3) is 11.3 Å². The zero-order valence-electron chi connectivity index (χ0n) is 22.2. The SMILES string of the molecule is CC[C@H](F)CNc1ncc(-c2ccc(N3CCN(C)C3=O)cn2)c(NC2CCC(O)CC2)n1.O=C(O)C(F)(F)F. The summed E-state index contributed by atoms with van der Waals surface area (Å²) in [4.78, 5) is 38.1. The zero-order valence-corrected chi connectivity index (χ0v) is 22.2. The van der Waals surface area contributed by atoms with E-state index in [1.165, 1.54) is 0 Å². The van der Waals surface area contributed by atoms with Crippen molar-refractivity contribution in [2.45, 2.75) is 63.5 Å². The molecule has 0 spiro atoms. The van der Waals surface area contributed by atoms with Crippen LogP contribution in [0.2, 0.25) is 0 Å². The van der Waals surface area contributed by atoms with Crippen LogP contribution >= 0.6 is 0 Å². The maximum atomic E-state index is 13.7. The Labute approximate surface area is 228 Å². The average Bonchev–Trinajstić information content (AvgIpc) is 3.26. The zero-order chi connectivity index (χ0) is 29.4. The van der Waals surface area contributed by atoms with Crippen molar-refractivity contribution in [1.29, 1.82) is 0 Å². The van der Waals surface area contributed by atoms with Gasteiger partial charge in [-0.2, -0.15) is 18.2 Å². The number of aliphatic carboxylic acids is 1. The number of carbonyl (C=O) groups excluding carboxylic acids is 1. The Bertz CT molecular complexity index is 1140. The molecule has 1 saturated heterocycles. The number of nitrogens with zero attached hydrogens (tertiary/aromatic N) is 5. The van der Waals surface area contributed by atoms with E-state index in [0.717, 1.165) is 36.9 Å². The molecule has 1 aliphatic heterocycles. The summed E-state index contributed by atoms with van der Waals surface area (Å²) in [6.07, 6.45) is 0.669. The van der Waals surface area contributed by atoms with Crippen molar-refractivity contribution in [3.05, 3.63) is 24.5 Å². The van der Waals surface area contributed by atoms with Gasteiger partial charge >= 0.3 is 18.2 Å². The average molecular weight is 572 g/mol. The Kier molecular flexibility index (Phi) is 10.4. The van der Waals surface area contributed by atoms with E-state index in [1.807, 2.05) is 12.1 Å². The molecule has 1 saturated carbocycles. The fraction of sp³-hybridized carbons (Fsp3) is 0.560. The highest BCUT2D eigenvalue weighted by Gasteiger charge is 2.38. The molecule has 0 radical (unpaired) electrons. The summed E-state index contributed by atoms with van der Waals surface area (Å²) in [6.45, 7) is 3.26. The normalized spacial score (nSPS) is 20.0. The lowest BCUT2D eigenvalue weighted by molar-refractivity contribution is -0.192. The summed E-state index contributed by atoms with van der Waals surface area (Å²) in [7, 11) is 1.78. The molecule has 11 nitrogen and oxygen atoms in total. The van der Waals surface area contributed by atoms with Gasteiger partial charge in [0.25, 0.3) is 0 Å². The third-order valence-corrected chi connectivity index (χ3v) is 6.55. The van der Waals surface area contributed by atoms with Crippen LogP contribution in [-0.2, 0) is 4.79 Å². The molecule has 0 aromatic carbocycles. The molecule has 220 valence electrons. The first-order chi connectivity index (χ1) is 18.9. The quantitative estimate of drug-likeness (QED) is 0.347. The Morgan fingerprint density at radius 3 is 2.35 bits per heavy atom. The van der Waals surface area contributed by atoms with E-state index in [4.69, 9.17) is 9.90 Å². The van der Waals surface area contributed by atoms with Crippen molar-refractivity contribution < 1.29 is 37.4 Å². The van der Waals surface area contributed by atoms with Gasteiger partial charge in [-0.1, -0.05) is 6.92 Å². The van der Waals surface area contributed by atoms with Gasteiger partial charge in [-0.25, -0.2) is 19.0 Å². The van der Waals surface area contributed by atoms with Crippen LogP contribution < -0.4 is 15.5 Å². The van der Waals surface area contributed by atoms with Gasteiger partial charge in [0.05, 0.1) is 29.2 Å². The van der Waals surface area contributed by atoms with Crippen LogP contribution in [-0.4, -0.2) is 93.2 Å². The molecule has 4 rings (SSSR count). The van der Waals surface area contributed by atoms with Crippen molar-refractivity contribution in [1.82, 2.24) is 19.9 Å². The number of aromatic nitrogens is 3. The number of urea groups is 1. The number of halogens is 4. The first-order valence-electron chi connectivity index (χ1n) is 12.9. The number of amides is 2. The predicted octanol–water partition coefficient (Wildman–Crippen LogP) is 3.92. The highest BCUT2D eigenvalue weighted by atomic mass is 19.4. The van der Waals surface area contributed by atoms with Crippen molar-refractivity contribution in [2.75, 3.05) is 42.2 Å². The van der Waals surface area contributed by atoms with E-state index in [1.54, 1.807) is 36.2 Å². The van der Waals surface area contributed by atoms with E-state index < -0.39 is 18.3 Å². The Morgan fingerprint density at radius 2 is 1.82 bits per heavy atom. The van der Waals surface area contributed by atoms with Gasteiger partial charge in [-0.15, -0.1) is 0 Å². The number of carboxylic acids is 1. The van der Waals surface area contributed by atoms with Crippen LogP contribution in [0.3, 0.4) is 0 Å². The molecule has 2 aromatic heterocycles. The number of alkyl halides is 4. The number of carboxylic acid groups (broad SMARTS) is 1. The summed E-state index contributed by atoms with van der Waals surface area (Å²) >= 11 is 0. The number of hydrogen-bond donors (Lipinski definition) is 4. The van der Waals surface area contributed by atoms with Crippen molar-refractivity contribution in [3.63, 3.8) is 0 Å². The standard InChI is InChI=1S/C23H32FN7O2.C2HF3O2/c1-3-15(24)12-26-22-27-14-19(21(29-22)28-16-4-7-18(32)8-5-16)20-9-6-17(13-25-20)31-11-10-30(2)23(31)33;3-2(4,5)1(6)7/h6,9,13-16,18,32H,3-5,7-8,10-12H2,1-2H3,(H2,26,27,28,29);(H,6,7)/t15-,16?,18?;/m0./s1.